The monoisotopic (exact) mass is 301 g/mol. The summed E-state index contributed by atoms with van der Waals surface area (Å²) in [4.78, 5) is 11.9. The molecule has 16 heavy (non-hydrogen) atoms. The van der Waals surface area contributed by atoms with Gasteiger partial charge in [-0.2, -0.15) is 0 Å². The number of nitrogens with zero attached hydrogens (tertiary/aromatic N) is 1. The number of benzene rings is 1. The minimum absolute atomic E-state index is 0.101. The molecule has 0 saturated heterocycles. The summed E-state index contributed by atoms with van der Waals surface area (Å²) in [7, 11) is 1.63. The SMILES string of the molecule is COc1ccc2c(c1)sc(=O)n2CCCBr. The molecular formula is C11H12BrNO2S. The second kappa shape index (κ2) is 5.01. The van der Waals surface area contributed by atoms with Gasteiger partial charge in [0.2, 0.25) is 0 Å². The summed E-state index contributed by atoms with van der Waals surface area (Å²) in [5.74, 6) is 0.793. The van der Waals surface area contributed by atoms with E-state index in [2.05, 4.69) is 15.9 Å². The van der Waals surface area contributed by atoms with Gasteiger partial charge in [0, 0.05) is 11.9 Å². The summed E-state index contributed by atoms with van der Waals surface area (Å²) in [6.45, 7) is 0.760. The third-order valence-corrected chi connectivity index (χ3v) is 3.89. The Hall–Kier alpha value is -0.810. The van der Waals surface area contributed by atoms with Crippen molar-refractivity contribution in [3.05, 3.63) is 27.9 Å². The average Bonchev–Trinajstić information content (AvgIpc) is 2.61. The lowest BCUT2D eigenvalue weighted by molar-refractivity contribution is 0.415. The highest BCUT2D eigenvalue weighted by molar-refractivity contribution is 9.09. The van der Waals surface area contributed by atoms with Crippen molar-refractivity contribution in [2.75, 3.05) is 12.4 Å². The number of halogens is 1. The van der Waals surface area contributed by atoms with E-state index < -0.39 is 0 Å². The molecule has 5 heteroatoms. The van der Waals surface area contributed by atoms with Crippen molar-refractivity contribution in [1.29, 1.82) is 0 Å². The zero-order valence-electron chi connectivity index (χ0n) is 8.90. The van der Waals surface area contributed by atoms with E-state index >= 15 is 0 Å². The standard InChI is InChI=1S/C11H12BrNO2S/c1-15-8-3-4-9-10(7-8)16-11(14)13(9)6-2-5-12/h3-4,7H,2,5-6H2,1H3. The number of alkyl halides is 1. The molecule has 86 valence electrons. The molecule has 0 fully saturated rings. The number of fused-ring (bicyclic) bond motifs is 1. The highest BCUT2D eigenvalue weighted by Gasteiger charge is 2.07. The number of rotatable bonds is 4. The third kappa shape index (κ3) is 2.15. The number of hydrogen-bond donors (Lipinski definition) is 0. The molecule has 1 heterocycles. The summed E-state index contributed by atoms with van der Waals surface area (Å²) in [6, 6.07) is 5.74. The number of ether oxygens (including phenoxy) is 1. The van der Waals surface area contributed by atoms with Gasteiger partial charge >= 0.3 is 4.87 Å². The zero-order valence-corrected chi connectivity index (χ0v) is 11.3. The van der Waals surface area contributed by atoms with Crippen molar-refractivity contribution in [1.82, 2.24) is 4.57 Å². The van der Waals surface area contributed by atoms with Crippen molar-refractivity contribution in [3.8, 4) is 5.75 Å². The molecule has 3 nitrogen and oxygen atoms in total. The van der Waals surface area contributed by atoms with Gasteiger partial charge in [-0.3, -0.25) is 9.36 Å². The predicted molar refractivity (Wildman–Crippen MR) is 71.0 cm³/mol. The molecule has 0 radical (unpaired) electrons. The Balaban J connectivity index is 2.49. The van der Waals surface area contributed by atoms with E-state index in [9.17, 15) is 4.79 Å². The highest BCUT2D eigenvalue weighted by atomic mass is 79.9. The van der Waals surface area contributed by atoms with Gasteiger partial charge in [-0.15, -0.1) is 0 Å². The second-order valence-electron chi connectivity index (χ2n) is 3.40. The highest BCUT2D eigenvalue weighted by Crippen LogP contribution is 2.23. The second-order valence-corrected chi connectivity index (χ2v) is 5.18. The van der Waals surface area contributed by atoms with E-state index in [4.69, 9.17) is 4.74 Å². The lowest BCUT2D eigenvalue weighted by atomic mass is 10.3. The molecule has 0 bridgehead atoms. The third-order valence-electron chi connectivity index (χ3n) is 2.39. The summed E-state index contributed by atoms with van der Waals surface area (Å²) in [5.41, 5.74) is 0.997. The van der Waals surface area contributed by atoms with E-state index in [1.165, 1.54) is 11.3 Å². The Morgan fingerprint density at radius 3 is 3.00 bits per heavy atom. The fraction of sp³-hybridized carbons (Fsp3) is 0.364. The lowest BCUT2D eigenvalue weighted by Gasteiger charge is -2.02. The quantitative estimate of drug-likeness (QED) is 0.813. The number of hydrogen-bond acceptors (Lipinski definition) is 3. The van der Waals surface area contributed by atoms with Gasteiger partial charge in [-0.1, -0.05) is 27.3 Å². The van der Waals surface area contributed by atoms with Gasteiger partial charge in [0.15, 0.2) is 0 Å². The number of aryl methyl sites for hydroxylation is 1. The summed E-state index contributed by atoms with van der Waals surface area (Å²) < 4.78 is 7.95. The molecule has 0 aliphatic heterocycles. The molecule has 0 aliphatic carbocycles. The Labute approximate surface area is 106 Å². The summed E-state index contributed by atoms with van der Waals surface area (Å²) in [5, 5.41) is 0.910. The van der Waals surface area contributed by atoms with Crippen molar-refractivity contribution >= 4 is 37.5 Å². The van der Waals surface area contributed by atoms with Crippen LogP contribution in [-0.2, 0) is 6.54 Å². The van der Waals surface area contributed by atoms with Crippen LogP contribution in [0.25, 0.3) is 10.2 Å². The van der Waals surface area contributed by atoms with Crippen LogP contribution in [0.15, 0.2) is 23.0 Å². The van der Waals surface area contributed by atoms with Gasteiger partial charge < -0.3 is 4.74 Å². The van der Waals surface area contributed by atoms with Crippen LogP contribution >= 0.6 is 27.3 Å². The minimum atomic E-state index is 0.101. The van der Waals surface area contributed by atoms with Crippen LogP contribution in [0.4, 0.5) is 0 Å². The van der Waals surface area contributed by atoms with Gasteiger partial charge in [0.1, 0.15) is 5.75 Å². The van der Waals surface area contributed by atoms with Crippen LogP contribution in [0.2, 0.25) is 0 Å². The fourth-order valence-corrected chi connectivity index (χ4v) is 2.80. The van der Waals surface area contributed by atoms with E-state index in [0.29, 0.717) is 0 Å². The van der Waals surface area contributed by atoms with Crippen LogP contribution in [0.1, 0.15) is 6.42 Å². The minimum Gasteiger partial charge on any atom is -0.497 e. The van der Waals surface area contributed by atoms with E-state index in [-0.39, 0.29) is 4.87 Å². The Kier molecular flexibility index (Phi) is 3.66. The first kappa shape index (κ1) is 11.7. The van der Waals surface area contributed by atoms with E-state index in [1.54, 1.807) is 7.11 Å². The molecule has 2 rings (SSSR count). The van der Waals surface area contributed by atoms with Crippen LogP contribution in [0.5, 0.6) is 5.75 Å². The Morgan fingerprint density at radius 2 is 2.31 bits per heavy atom. The first-order valence-electron chi connectivity index (χ1n) is 4.99. The average molecular weight is 302 g/mol. The van der Waals surface area contributed by atoms with Crippen molar-refractivity contribution in [2.45, 2.75) is 13.0 Å². The molecule has 0 spiro atoms. The topological polar surface area (TPSA) is 31.2 Å². The molecular weight excluding hydrogens is 290 g/mol. The maximum absolute atomic E-state index is 11.8. The fourth-order valence-electron chi connectivity index (χ4n) is 1.60. The number of thiazole rings is 1. The van der Waals surface area contributed by atoms with Gasteiger partial charge in [-0.25, -0.2) is 0 Å². The van der Waals surface area contributed by atoms with E-state index in [0.717, 1.165) is 34.3 Å². The summed E-state index contributed by atoms with van der Waals surface area (Å²) in [6.07, 6.45) is 0.956. The molecule has 0 atom stereocenters. The first-order valence-corrected chi connectivity index (χ1v) is 6.93. The Bertz CT molecular complexity index is 546. The molecule has 1 aromatic carbocycles. The van der Waals surface area contributed by atoms with Crippen LogP contribution in [0, 0.1) is 0 Å². The predicted octanol–water partition coefficient (Wildman–Crippen LogP) is 2.86. The lowest BCUT2D eigenvalue weighted by Crippen LogP contribution is -2.12. The molecule has 0 saturated carbocycles. The first-order chi connectivity index (χ1) is 7.76. The molecule has 0 aliphatic rings. The molecule has 1 aromatic heterocycles. The Morgan fingerprint density at radius 1 is 1.50 bits per heavy atom. The number of aromatic nitrogens is 1. The molecule has 0 N–H and O–H groups in total. The smallest absolute Gasteiger partial charge is 0.308 e. The van der Waals surface area contributed by atoms with Crippen molar-refractivity contribution in [3.63, 3.8) is 0 Å². The normalized spacial score (nSPS) is 10.9. The van der Waals surface area contributed by atoms with Gasteiger partial charge in [0.05, 0.1) is 17.3 Å². The van der Waals surface area contributed by atoms with Crippen LogP contribution in [0.3, 0.4) is 0 Å². The van der Waals surface area contributed by atoms with E-state index in [1.807, 2.05) is 22.8 Å². The maximum atomic E-state index is 11.8. The largest absolute Gasteiger partial charge is 0.497 e. The van der Waals surface area contributed by atoms with Crippen LogP contribution in [-0.4, -0.2) is 17.0 Å². The molecule has 0 amide bonds. The number of methoxy groups -OCH3 is 1. The summed E-state index contributed by atoms with van der Waals surface area (Å²) >= 11 is 4.65. The molecule has 2 aromatic rings. The molecule has 0 unspecified atom stereocenters. The maximum Gasteiger partial charge on any atom is 0.308 e. The van der Waals surface area contributed by atoms with Gasteiger partial charge in [-0.05, 0) is 24.6 Å². The van der Waals surface area contributed by atoms with Crippen molar-refractivity contribution < 1.29 is 4.74 Å². The zero-order chi connectivity index (χ0) is 11.5. The van der Waals surface area contributed by atoms with Gasteiger partial charge in [0.25, 0.3) is 0 Å². The van der Waals surface area contributed by atoms with Crippen LogP contribution < -0.4 is 9.61 Å². The van der Waals surface area contributed by atoms with Crippen molar-refractivity contribution in [2.24, 2.45) is 0 Å².